The Morgan fingerprint density at radius 3 is 1.88 bits per heavy atom. The smallest absolute Gasteiger partial charge is 0.343 e. The first-order chi connectivity index (χ1) is 20.1. The lowest BCUT2D eigenvalue weighted by Gasteiger charge is -2.42. The van der Waals surface area contributed by atoms with E-state index in [1.807, 2.05) is 30.3 Å². The molecule has 2 aliphatic heterocycles. The summed E-state index contributed by atoms with van der Waals surface area (Å²) in [7, 11) is 1.38. The Balaban J connectivity index is 1.56. The zero-order chi connectivity index (χ0) is 31.7. The molecule has 2 aliphatic rings. The van der Waals surface area contributed by atoms with Gasteiger partial charge in [-0.2, -0.15) is 26.3 Å². The van der Waals surface area contributed by atoms with Gasteiger partial charge in [0.1, 0.15) is 0 Å². The third-order valence-corrected chi connectivity index (χ3v) is 8.78. The number of likely N-dealkylation sites (tertiary alicyclic amines) is 2. The van der Waals surface area contributed by atoms with Crippen molar-refractivity contribution in [1.29, 1.82) is 0 Å². The van der Waals surface area contributed by atoms with Crippen molar-refractivity contribution >= 4 is 17.7 Å². The maximum atomic E-state index is 13.9. The fourth-order valence-corrected chi connectivity index (χ4v) is 6.08. The number of hydrogen-bond donors (Lipinski definition) is 0. The van der Waals surface area contributed by atoms with Crippen molar-refractivity contribution in [3.63, 3.8) is 0 Å². The molecule has 12 heteroatoms. The van der Waals surface area contributed by atoms with Crippen LogP contribution in [0.2, 0.25) is 0 Å². The van der Waals surface area contributed by atoms with Gasteiger partial charge >= 0.3 is 12.4 Å². The van der Waals surface area contributed by atoms with Crippen LogP contribution in [0.25, 0.3) is 0 Å². The summed E-state index contributed by atoms with van der Waals surface area (Å²) in [5, 5.41) is 0. The van der Waals surface area contributed by atoms with Gasteiger partial charge in [0.15, 0.2) is 0 Å². The normalized spacial score (nSPS) is 21.0. The number of amides is 3. The van der Waals surface area contributed by atoms with Gasteiger partial charge in [0.05, 0.1) is 17.2 Å². The number of benzene rings is 2. The Morgan fingerprint density at radius 1 is 0.837 bits per heavy atom. The summed E-state index contributed by atoms with van der Waals surface area (Å²) < 4.78 is 80.9. The molecule has 6 nitrogen and oxygen atoms in total. The number of rotatable bonds is 5. The van der Waals surface area contributed by atoms with Crippen molar-refractivity contribution in [2.45, 2.75) is 57.4 Å². The van der Waals surface area contributed by atoms with Crippen molar-refractivity contribution in [3.05, 3.63) is 70.8 Å². The second-order valence-electron chi connectivity index (χ2n) is 11.4. The van der Waals surface area contributed by atoms with Gasteiger partial charge in [0.25, 0.3) is 0 Å². The minimum Gasteiger partial charge on any atom is -0.343 e. The van der Waals surface area contributed by atoms with Crippen LogP contribution in [0.5, 0.6) is 0 Å². The Hall–Kier alpha value is -3.57. The zero-order valence-corrected chi connectivity index (χ0v) is 24.2. The Kier molecular flexibility index (Phi) is 9.46. The summed E-state index contributed by atoms with van der Waals surface area (Å²) in [5.74, 6) is -1.82. The number of piperidine rings is 2. The molecule has 0 saturated carbocycles. The molecule has 0 bridgehead atoms. The second-order valence-corrected chi connectivity index (χ2v) is 11.4. The van der Waals surface area contributed by atoms with E-state index in [1.54, 1.807) is 9.80 Å². The van der Waals surface area contributed by atoms with Crippen molar-refractivity contribution in [2.75, 3.05) is 33.2 Å². The Labute approximate surface area is 246 Å². The number of hydrogen-bond acceptors (Lipinski definition) is 3. The Morgan fingerprint density at radius 2 is 1.37 bits per heavy atom. The molecular weight excluding hydrogens is 576 g/mol. The molecule has 0 radical (unpaired) electrons. The molecule has 2 fully saturated rings. The average Bonchev–Trinajstić information content (AvgIpc) is 2.98. The number of halogens is 6. The monoisotopic (exact) mass is 611 g/mol. The molecule has 0 spiro atoms. The number of nitrogens with zero attached hydrogens (tertiary/aromatic N) is 3. The van der Waals surface area contributed by atoms with Gasteiger partial charge in [0.2, 0.25) is 17.7 Å². The lowest BCUT2D eigenvalue weighted by Crippen LogP contribution is -2.50. The first-order valence-electron chi connectivity index (χ1n) is 14.2. The highest BCUT2D eigenvalue weighted by Gasteiger charge is 2.42. The molecule has 4 rings (SSSR count). The highest BCUT2D eigenvalue weighted by atomic mass is 19.4. The summed E-state index contributed by atoms with van der Waals surface area (Å²) in [6.45, 7) is 4.42. The van der Waals surface area contributed by atoms with Gasteiger partial charge in [-0.1, -0.05) is 30.3 Å². The molecule has 234 valence electrons. The molecule has 0 aromatic heterocycles. The quantitative estimate of drug-likeness (QED) is 0.382. The molecule has 2 aromatic rings. The SMILES string of the molecule is CC(=O)N1CCC(C(=O)N2CCC(C(=O)N(C)[C@@H](C)c3cc(C(F)(F)F)cc(C(F)(F)F)c3)C(c3ccccc3)C2)CC1. The van der Waals surface area contributed by atoms with Crippen molar-refractivity contribution in [1.82, 2.24) is 14.7 Å². The molecule has 2 heterocycles. The molecule has 43 heavy (non-hydrogen) atoms. The van der Waals surface area contributed by atoms with Crippen LogP contribution in [-0.2, 0) is 26.7 Å². The summed E-state index contributed by atoms with van der Waals surface area (Å²) in [5.41, 5.74) is -2.34. The van der Waals surface area contributed by atoms with E-state index in [9.17, 15) is 40.7 Å². The third-order valence-electron chi connectivity index (χ3n) is 8.78. The van der Waals surface area contributed by atoms with E-state index in [-0.39, 0.29) is 48.9 Å². The van der Waals surface area contributed by atoms with Crippen LogP contribution in [0.4, 0.5) is 26.3 Å². The fraction of sp³-hybridized carbons (Fsp3) is 0.516. The van der Waals surface area contributed by atoms with E-state index in [2.05, 4.69) is 0 Å². The van der Waals surface area contributed by atoms with E-state index in [1.165, 1.54) is 25.8 Å². The van der Waals surface area contributed by atoms with E-state index in [0.29, 0.717) is 38.1 Å². The van der Waals surface area contributed by atoms with Gasteiger partial charge in [0, 0.05) is 57.9 Å². The van der Waals surface area contributed by atoms with Gasteiger partial charge in [-0.05, 0) is 55.5 Å². The summed E-state index contributed by atoms with van der Waals surface area (Å²) in [6, 6.07) is 9.40. The van der Waals surface area contributed by atoms with Crippen LogP contribution in [0, 0.1) is 11.8 Å². The predicted molar refractivity (Wildman–Crippen MR) is 146 cm³/mol. The number of carbonyl (C=O) groups is 3. The summed E-state index contributed by atoms with van der Waals surface area (Å²) in [6.07, 6.45) is -8.63. The zero-order valence-electron chi connectivity index (χ0n) is 24.2. The molecular formula is C31H35F6N3O3. The highest BCUT2D eigenvalue weighted by molar-refractivity contribution is 5.83. The average molecular weight is 612 g/mol. The van der Waals surface area contributed by atoms with E-state index < -0.39 is 47.3 Å². The lowest BCUT2D eigenvalue weighted by atomic mass is 9.79. The van der Waals surface area contributed by atoms with Crippen molar-refractivity contribution in [2.24, 2.45) is 11.8 Å². The van der Waals surface area contributed by atoms with Crippen LogP contribution in [-0.4, -0.2) is 65.6 Å². The number of alkyl halides is 6. The van der Waals surface area contributed by atoms with E-state index in [4.69, 9.17) is 0 Å². The topological polar surface area (TPSA) is 60.9 Å². The van der Waals surface area contributed by atoms with Crippen LogP contribution in [0.1, 0.15) is 67.3 Å². The lowest BCUT2D eigenvalue weighted by molar-refractivity contribution is -0.145. The van der Waals surface area contributed by atoms with Gasteiger partial charge in [-0.15, -0.1) is 0 Å². The van der Waals surface area contributed by atoms with E-state index >= 15 is 0 Å². The summed E-state index contributed by atoms with van der Waals surface area (Å²) in [4.78, 5) is 43.7. The first-order valence-corrected chi connectivity index (χ1v) is 14.2. The predicted octanol–water partition coefficient (Wildman–Crippen LogP) is 6.13. The van der Waals surface area contributed by atoms with Crippen molar-refractivity contribution < 1.29 is 40.7 Å². The first kappa shape index (κ1) is 32.3. The van der Waals surface area contributed by atoms with E-state index in [0.717, 1.165) is 5.56 Å². The standard InChI is InChI=1S/C31H35F6N3O3/c1-19(23-15-24(30(32,33)34)17-25(16-23)31(35,36)37)38(3)29(43)26-11-14-40(18-27(26)21-7-5-4-6-8-21)28(42)22-9-12-39(13-10-22)20(2)41/h4-8,15-17,19,22,26-27H,9-14,18H2,1-3H3/t19-,26?,27?/m0/s1. The van der Waals surface area contributed by atoms with Crippen molar-refractivity contribution in [3.8, 4) is 0 Å². The van der Waals surface area contributed by atoms with Crippen LogP contribution >= 0.6 is 0 Å². The minimum atomic E-state index is -5.00. The fourth-order valence-electron chi connectivity index (χ4n) is 6.08. The van der Waals surface area contributed by atoms with Crippen LogP contribution in [0.15, 0.2) is 48.5 Å². The molecule has 2 aromatic carbocycles. The van der Waals surface area contributed by atoms with Gasteiger partial charge < -0.3 is 14.7 Å². The molecule has 2 unspecified atom stereocenters. The molecule has 0 aliphatic carbocycles. The van der Waals surface area contributed by atoms with Crippen LogP contribution < -0.4 is 0 Å². The number of carbonyl (C=O) groups excluding carboxylic acids is 3. The second kappa shape index (κ2) is 12.6. The molecule has 3 amide bonds. The third kappa shape index (κ3) is 7.33. The molecule has 0 N–H and O–H groups in total. The van der Waals surface area contributed by atoms with Crippen LogP contribution in [0.3, 0.4) is 0 Å². The molecule has 2 saturated heterocycles. The van der Waals surface area contributed by atoms with Gasteiger partial charge in [-0.3, -0.25) is 14.4 Å². The maximum Gasteiger partial charge on any atom is 0.416 e. The Bertz CT molecular complexity index is 1290. The largest absolute Gasteiger partial charge is 0.416 e. The molecule has 3 atom stereocenters. The maximum absolute atomic E-state index is 13.9. The minimum absolute atomic E-state index is 0.0347. The van der Waals surface area contributed by atoms with Gasteiger partial charge in [-0.25, -0.2) is 0 Å². The summed E-state index contributed by atoms with van der Waals surface area (Å²) >= 11 is 0. The highest BCUT2D eigenvalue weighted by Crippen LogP contribution is 2.40.